The van der Waals surface area contributed by atoms with Gasteiger partial charge in [0.2, 0.25) is 0 Å². The van der Waals surface area contributed by atoms with Gasteiger partial charge in [0, 0.05) is 17.4 Å². The molecule has 0 aliphatic heterocycles. The van der Waals surface area contributed by atoms with Crippen molar-refractivity contribution in [2.75, 3.05) is 11.5 Å². The molecule has 6 N–H and O–H groups in total. The molecule has 0 spiro atoms. The second-order valence-electron chi connectivity index (χ2n) is 4.94. The molecule has 0 bridgehead atoms. The third-order valence-corrected chi connectivity index (χ3v) is 3.25. The van der Waals surface area contributed by atoms with Crippen LogP contribution in [0.2, 0.25) is 0 Å². The van der Waals surface area contributed by atoms with Crippen LogP contribution in [-0.2, 0) is 6.18 Å². The Hall–Kier alpha value is -1.92. The van der Waals surface area contributed by atoms with Crippen molar-refractivity contribution in [3.05, 3.63) is 47.5 Å². The van der Waals surface area contributed by atoms with Gasteiger partial charge in [-0.1, -0.05) is 12.1 Å². The van der Waals surface area contributed by atoms with E-state index in [1.165, 1.54) is 0 Å². The third-order valence-electron chi connectivity index (χ3n) is 3.25. The lowest BCUT2D eigenvalue weighted by Crippen LogP contribution is -2.15. The molecule has 3 nitrogen and oxygen atoms in total. The Morgan fingerprint density at radius 1 is 0.955 bits per heavy atom. The number of nitrogen functional groups attached to an aromatic ring is 2. The summed E-state index contributed by atoms with van der Waals surface area (Å²) in [5.41, 5.74) is 17.6. The zero-order chi connectivity index (χ0) is 15.8. The average Bonchev–Trinajstić information content (AvgIpc) is 2.38. The molecule has 0 unspecified atom stereocenters. The molecule has 0 aromatic heterocycles. The quantitative estimate of drug-likeness (QED) is 0.728. The minimum absolute atomic E-state index is 0. The summed E-state index contributed by atoms with van der Waals surface area (Å²) in [6, 6.07) is 8.60. The van der Waals surface area contributed by atoms with Crippen LogP contribution in [0.25, 0.3) is 11.1 Å². The van der Waals surface area contributed by atoms with Gasteiger partial charge >= 0.3 is 6.18 Å². The number of halogens is 4. The van der Waals surface area contributed by atoms with Gasteiger partial charge in [0.25, 0.3) is 0 Å². The fourth-order valence-corrected chi connectivity index (χ4v) is 2.13. The Kier molecular flexibility index (Phi) is 5.32. The van der Waals surface area contributed by atoms with E-state index in [0.717, 1.165) is 6.07 Å². The number of benzene rings is 2. The number of nitrogens with two attached hydrogens (primary N) is 3. The van der Waals surface area contributed by atoms with Crippen LogP contribution >= 0.6 is 12.4 Å². The molecule has 120 valence electrons. The molecule has 7 heteroatoms. The smallest absolute Gasteiger partial charge is 0.399 e. The van der Waals surface area contributed by atoms with Crippen molar-refractivity contribution in [2.45, 2.75) is 19.1 Å². The Balaban J connectivity index is 0.00000242. The Morgan fingerprint density at radius 3 is 1.95 bits per heavy atom. The summed E-state index contributed by atoms with van der Waals surface area (Å²) in [5.74, 6) is 0. The van der Waals surface area contributed by atoms with Gasteiger partial charge in [-0.3, -0.25) is 0 Å². The normalized spacial score (nSPS) is 12.6. The van der Waals surface area contributed by atoms with Crippen LogP contribution in [0.1, 0.15) is 24.1 Å². The van der Waals surface area contributed by atoms with E-state index < -0.39 is 17.8 Å². The van der Waals surface area contributed by atoms with Crippen molar-refractivity contribution in [3.8, 4) is 11.1 Å². The van der Waals surface area contributed by atoms with Gasteiger partial charge in [-0.25, -0.2) is 0 Å². The number of rotatable bonds is 2. The van der Waals surface area contributed by atoms with Gasteiger partial charge < -0.3 is 17.2 Å². The summed E-state index contributed by atoms with van der Waals surface area (Å²) >= 11 is 0. The standard InChI is InChI=1S/C15H16F3N3.ClH/c1-8(19)12-6-10(9-2-4-11(20)5-3-9)7-13(14(12)21)15(16,17)18;/h2-8H,19-21H2,1H3;1H/t8-;/m1./s1. The fourth-order valence-electron chi connectivity index (χ4n) is 2.13. The summed E-state index contributed by atoms with van der Waals surface area (Å²) in [4.78, 5) is 0. The molecular formula is C15H17ClF3N3. The molecular weight excluding hydrogens is 315 g/mol. The molecule has 1 atom stereocenters. The number of hydrogen-bond donors (Lipinski definition) is 3. The van der Waals surface area contributed by atoms with E-state index >= 15 is 0 Å². The predicted octanol–water partition coefficient (Wildman–Crippen LogP) is 3.98. The first kappa shape index (κ1) is 18.1. The lowest BCUT2D eigenvalue weighted by atomic mass is 9.94. The van der Waals surface area contributed by atoms with E-state index in [2.05, 4.69) is 0 Å². The van der Waals surface area contributed by atoms with Crippen LogP contribution < -0.4 is 17.2 Å². The highest BCUT2D eigenvalue weighted by atomic mass is 35.5. The molecule has 2 aromatic carbocycles. The van der Waals surface area contributed by atoms with Crippen LogP contribution in [0, 0.1) is 0 Å². The highest BCUT2D eigenvalue weighted by Crippen LogP contribution is 2.39. The summed E-state index contributed by atoms with van der Waals surface area (Å²) in [5, 5.41) is 0. The van der Waals surface area contributed by atoms with Crippen LogP contribution in [-0.4, -0.2) is 0 Å². The van der Waals surface area contributed by atoms with Gasteiger partial charge in [-0.15, -0.1) is 12.4 Å². The maximum absolute atomic E-state index is 13.1. The fraction of sp³-hybridized carbons (Fsp3) is 0.200. The number of alkyl halides is 3. The minimum Gasteiger partial charge on any atom is -0.399 e. The molecule has 0 radical (unpaired) electrons. The van der Waals surface area contributed by atoms with Gasteiger partial charge in [-0.2, -0.15) is 13.2 Å². The van der Waals surface area contributed by atoms with E-state index in [-0.39, 0.29) is 23.7 Å². The summed E-state index contributed by atoms with van der Waals surface area (Å²) < 4.78 is 39.3. The van der Waals surface area contributed by atoms with E-state index in [0.29, 0.717) is 16.8 Å². The van der Waals surface area contributed by atoms with Crippen molar-refractivity contribution in [2.24, 2.45) is 5.73 Å². The second kappa shape index (κ2) is 6.46. The summed E-state index contributed by atoms with van der Waals surface area (Å²) in [6.45, 7) is 1.60. The highest BCUT2D eigenvalue weighted by Gasteiger charge is 2.34. The maximum atomic E-state index is 13.1. The first-order valence-electron chi connectivity index (χ1n) is 6.32. The molecule has 0 saturated heterocycles. The molecule has 2 rings (SSSR count). The van der Waals surface area contributed by atoms with Gasteiger partial charge in [0.05, 0.1) is 5.56 Å². The highest BCUT2D eigenvalue weighted by molar-refractivity contribution is 5.85. The topological polar surface area (TPSA) is 78.1 Å². The van der Waals surface area contributed by atoms with Crippen LogP contribution in [0.5, 0.6) is 0 Å². The van der Waals surface area contributed by atoms with E-state index in [9.17, 15) is 13.2 Å². The van der Waals surface area contributed by atoms with Gasteiger partial charge in [-0.05, 0) is 47.9 Å². The molecule has 0 aliphatic carbocycles. The molecule has 0 amide bonds. The second-order valence-corrected chi connectivity index (χ2v) is 4.94. The van der Waals surface area contributed by atoms with E-state index in [1.807, 2.05) is 0 Å². The summed E-state index contributed by atoms with van der Waals surface area (Å²) in [7, 11) is 0. The van der Waals surface area contributed by atoms with Crippen molar-refractivity contribution >= 4 is 23.8 Å². The van der Waals surface area contributed by atoms with E-state index in [4.69, 9.17) is 17.2 Å². The molecule has 0 heterocycles. The van der Waals surface area contributed by atoms with Crippen molar-refractivity contribution < 1.29 is 13.2 Å². The zero-order valence-corrected chi connectivity index (χ0v) is 12.6. The Morgan fingerprint density at radius 2 is 1.50 bits per heavy atom. The van der Waals surface area contributed by atoms with Crippen LogP contribution in [0.15, 0.2) is 36.4 Å². The maximum Gasteiger partial charge on any atom is 0.418 e. The first-order valence-corrected chi connectivity index (χ1v) is 6.32. The lowest BCUT2D eigenvalue weighted by molar-refractivity contribution is -0.136. The third kappa shape index (κ3) is 3.64. The lowest BCUT2D eigenvalue weighted by Gasteiger charge is -2.18. The van der Waals surface area contributed by atoms with E-state index in [1.54, 1.807) is 37.3 Å². The van der Waals surface area contributed by atoms with Gasteiger partial charge in [0.15, 0.2) is 0 Å². The molecule has 2 aromatic rings. The minimum atomic E-state index is -4.53. The summed E-state index contributed by atoms with van der Waals surface area (Å²) in [6.07, 6.45) is -4.53. The van der Waals surface area contributed by atoms with Crippen LogP contribution in [0.3, 0.4) is 0 Å². The largest absolute Gasteiger partial charge is 0.418 e. The number of anilines is 2. The van der Waals surface area contributed by atoms with Gasteiger partial charge in [0.1, 0.15) is 0 Å². The first-order chi connectivity index (χ1) is 9.70. The number of hydrogen-bond acceptors (Lipinski definition) is 3. The average molecular weight is 332 g/mol. The Bertz CT molecular complexity index is 652. The van der Waals surface area contributed by atoms with Crippen molar-refractivity contribution in [1.29, 1.82) is 0 Å². The molecule has 22 heavy (non-hydrogen) atoms. The monoisotopic (exact) mass is 331 g/mol. The zero-order valence-electron chi connectivity index (χ0n) is 11.8. The van der Waals surface area contributed by atoms with Crippen molar-refractivity contribution in [3.63, 3.8) is 0 Å². The van der Waals surface area contributed by atoms with Crippen LogP contribution in [0.4, 0.5) is 24.5 Å². The predicted molar refractivity (Wildman–Crippen MR) is 85.6 cm³/mol. The molecule has 0 saturated carbocycles. The van der Waals surface area contributed by atoms with Crippen molar-refractivity contribution in [1.82, 2.24) is 0 Å². The SMILES string of the molecule is C[C@@H](N)c1cc(-c2ccc(N)cc2)cc(C(F)(F)F)c1N.Cl. The molecule has 0 aliphatic rings. The molecule has 0 fully saturated rings. The Labute approximate surface area is 132 Å².